The lowest BCUT2D eigenvalue weighted by atomic mass is 10.1. The third-order valence-corrected chi connectivity index (χ3v) is 3.70. The fraction of sp³-hybridized carbons (Fsp3) is 0.562. The lowest BCUT2D eigenvalue weighted by molar-refractivity contribution is -0.144. The Morgan fingerprint density at radius 3 is 2.70 bits per heavy atom. The topological polar surface area (TPSA) is 38.8 Å². The van der Waals surface area contributed by atoms with Gasteiger partial charge in [-0.3, -0.25) is 4.79 Å². The van der Waals surface area contributed by atoms with E-state index in [1.165, 1.54) is 0 Å². The van der Waals surface area contributed by atoms with Gasteiger partial charge in [0.15, 0.2) is 0 Å². The summed E-state index contributed by atoms with van der Waals surface area (Å²) in [6.45, 7) is 5.29. The molecule has 1 aromatic rings. The average Bonchev–Trinajstić information content (AvgIpc) is 2.48. The molecule has 2 atom stereocenters. The number of amides is 1. The minimum absolute atomic E-state index is 0.0436. The monoisotopic (exact) mass is 277 g/mol. The van der Waals surface area contributed by atoms with Crippen LogP contribution in [0.25, 0.3) is 0 Å². The molecule has 1 heterocycles. The number of ether oxygens (including phenoxy) is 2. The Morgan fingerprint density at radius 1 is 1.40 bits per heavy atom. The standard InChI is InChI=1S/C16H23NO3/c1-4-5-16(18)17-10-15(20-11-12(17)2)13-6-8-14(19-3)9-7-13/h6-9,12,15H,4-5,10-11H2,1-3H3. The number of benzene rings is 1. The van der Waals surface area contributed by atoms with Crippen LogP contribution in [-0.2, 0) is 9.53 Å². The zero-order chi connectivity index (χ0) is 14.5. The fourth-order valence-electron chi connectivity index (χ4n) is 2.48. The number of morpholine rings is 1. The Morgan fingerprint density at radius 2 is 2.10 bits per heavy atom. The van der Waals surface area contributed by atoms with E-state index in [1.54, 1.807) is 7.11 Å². The first-order valence-electron chi connectivity index (χ1n) is 7.20. The number of nitrogens with zero attached hydrogens (tertiary/aromatic N) is 1. The van der Waals surface area contributed by atoms with E-state index in [0.29, 0.717) is 19.6 Å². The fourth-order valence-corrected chi connectivity index (χ4v) is 2.48. The van der Waals surface area contributed by atoms with Crippen molar-refractivity contribution in [3.8, 4) is 5.75 Å². The van der Waals surface area contributed by atoms with E-state index >= 15 is 0 Å². The summed E-state index contributed by atoms with van der Waals surface area (Å²) in [5.74, 6) is 1.05. The molecule has 1 saturated heterocycles. The Balaban J connectivity index is 2.07. The van der Waals surface area contributed by atoms with Crippen LogP contribution < -0.4 is 4.74 Å². The van der Waals surface area contributed by atoms with Gasteiger partial charge in [-0.2, -0.15) is 0 Å². The quantitative estimate of drug-likeness (QED) is 0.849. The van der Waals surface area contributed by atoms with Gasteiger partial charge in [0.25, 0.3) is 0 Å². The van der Waals surface area contributed by atoms with Crippen LogP contribution in [0.4, 0.5) is 0 Å². The summed E-state index contributed by atoms with van der Waals surface area (Å²) >= 11 is 0. The van der Waals surface area contributed by atoms with E-state index in [2.05, 4.69) is 0 Å². The molecule has 110 valence electrons. The van der Waals surface area contributed by atoms with Gasteiger partial charge in [0, 0.05) is 6.42 Å². The predicted octanol–water partition coefficient (Wildman–Crippen LogP) is 2.78. The zero-order valence-electron chi connectivity index (χ0n) is 12.5. The highest BCUT2D eigenvalue weighted by atomic mass is 16.5. The Labute approximate surface area is 120 Å². The van der Waals surface area contributed by atoms with Crippen LogP contribution in [-0.4, -0.2) is 37.1 Å². The van der Waals surface area contributed by atoms with Crippen LogP contribution in [0.3, 0.4) is 0 Å². The average molecular weight is 277 g/mol. The molecule has 0 saturated carbocycles. The first kappa shape index (κ1) is 14.9. The van der Waals surface area contributed by atoms with Crippen molar-refractivity contribution >= 4 is 5.91 Å². The maximum atomic E-state index is 12.1. The van der Waals surface area contributed by atoms with Crippen molar-refractivity contribution in [2.24, 2.45) is 0 Å². The van der Waals surface area contributed by atoms with Crippen molar-refractivity contribution in [1.82, 2.24) is 4.90 Å². The molecule has 1 aliphatic heterocycles. The largest absolute Gasteiger partial charge is 0.497 e. The molecule has 1 amide bonds. The molecule has 0 bridgehead atoms. The van der Waals surface area contributed by atoms with Crippen LogP contribution in [0, 0.1) is 0 Å². The highest BCUT2D eigenvalue weighted by Gasteiger charge is 2.29. The van der Waals surface area contributed by atoms with Crippen molar-refractivity contribution in [2.75, 3.05) is 20.3 Å². The van der Waals surface area contributed by atoms with Gasteiger partial charge in [-0.05, 0) is 31.0 Å². The second-order valence-corrected chi connectivity index (χ2v) is 5.24. The summed E-state index contributed by atoms with van der Waals surface area (Å²) < 4.78 is 11.0. The van der Waals surface area contributed by atoms with Gasteiger partial charge in [0.2, 0.25) is 5.91 Å². The maximum absolute atomic E-state index is 12.1. The first-order chi connectivity index (χ1) is 9.65. The van der Waals surface area contributed by atoms with E-state index in [9.17, 15) is 4.79 Å². The molecule has 2 rings (SSSR count). The highest BCUT2D eigenvalue weighted by Crippen LogP contribution is 2.26. The summed E-state index contributed by atoms with van der Waals surface area (Å²) in [5.41, 5.74) is 1.09. The molecule has 4 heteroatoms. The van der Waals surface area contributed by atoms with Crippen molar-refractivity contribution < 1.29 is 14.3 Å². The molecule has 0 radical (unpaired) electrons. The molecule has 4 nitrogen and oxygen atoms in total. The summed E-state index contributed by atoms with van der Waals surface area (Å²) in [6, 6.07) is 8.01. The summed E-state index contributed by atoms with van der Waals surface area (Å²) in [7, 11) is 1.65. The molecular weight excluding hydrogens is 254 g/mol. The molecule has 0 N–H and O–H groups in total. The molecule has 0 spiro atoms. The first-order valence-corrected chi connectivity index (χ1v) is 7.20. The minimum atomic E-state index is -0.0436. The van der Waals surface area contributed by atoms with Gasteiger partial charge in [-0.1, -0.05) is 19.1 Å². The van der Waals surface area contributed by atoms with Gasteiger partial charge in [0.1, 0.15) is 11.9 Å². The van der Waals surface area contributed by atoms with Crippen LogP contribution in [0.2, 0.25) is 0 Å². The normalized spacial score (nSPS) is 22.6. The molecule has 20 heavy (non-hydrogen) atoms. The second kappa shape index (κ2) is 6.75. The van der Waals surface area contributed by atoms with Gasteiger partial charge >= 0.3 is 0 Å². The van der Waals surface area contributed by atoms with Crippen molar-refractivity contribution in [2.45, 2.75) is 38.8 Å². The summed E-state index contributed by atoms with van der Waals surface area (Å²) in [5, 5.41) is 0. The zero-order valence-corrected chi connectivity index (χ0v) is 12.5. The van der Waals surface area contributed by atoms with Crippen LogP contribution in [0.5, 0.6) is 5.75 Å². The number of carbonyl (C=O) groups is 1. The van der Waals surface area contributed by atoms with Crippen LogP contribution in [0.15, 0.2) is 24.3 Å². The second-order valence-electron chi connectivity index (χ2n) is 5.24. The lowest BCUT2D eigenvalue weighted by Gasteiger charge is -2.38. The molecule has 2 unspecified atom stereocenters. The van der Waals surface area contributed by atoms with E-state index in [4.69, 9.17) is 9.47 Å². The van der Waals surface area contributed by atoms with Crippen LogP contribution >= 0.6 is 0 Å². The number of hydrogen-bond acceptors (Lipinski definition) is 3. The Bertz CT molecular complexity index is 444. The number of carbonyl (C=O) groups excluding carboxylic acids is 1. The summed E-state index contributed by atoms with van der Waals surface area (Å²) in [6.07, 6.45) is 1.45. The third-order valence-electron chi connectivity index (χ3n) is 3.70. The Kier molecular flexibility index (Phi) is 5.01. The van der Waals surface area contributed by atoms with Gasteiger partial charge in [0.05, 0.1) is 26.3 Å². The lowest BCUT2D eigenvalue weighted by Crippen LogP contribution is -2.48. The molecule has 0 aliphatic carbocycles. The van der Waals surface area contributed by atoms with E-state index < -0.39 is 0 Å². The Hall–Kier alpha value is -1.55. The molecule has 1 aromatic carbocycles. The molecule has 1 aliphatic rings. The van der Waals surface area contributed by atoms with Crippen molar-refractivity contribution in [3.05, 3.63) is 29.8 Å². The molecule has 1 fully saturated rings. The van der Waals surface area contributed by atoms with E-state index in [0.717, 1.165) is 17.7 Å². The molecular formula is C16H23NO3. The highest BCUT2D eigenvalue weighted by molar-refractivity contribution is 5.76. The SMILES string of the molecule is CCCC(=O)N1CC(c2ccc(OC)cc2)OCC1C. The molecule has 0 aromatic heterocycles. The predicted molar refractivity (Wildman–Crippen MR) is 77.8 cm³/mol. The van der Waals surface area contributed by atoms with Crippen molar-refractivity contribution in [1.29, 1.82) is 0 Å². The van der Waals surface area contributed by atoms with Gasteiger partial charge in [-0.15, -0.1) is 0 Å². The minimum Gasteiger partial charge on any atom is -0.497 e. The van der Waals surface area contributed by atoms with E-state index in [-0.39, 0.29) is 18.1 Å². The van der Waals surface area contributed by atoms with Gasteiger partial charge < -0.3 is 14.4 Å². The smallest absolute Gasteiger partial charge is 0.222 e. The van der Waals surface area contributed by atoms with Crippen molar-refractivity contribution in [3.63, 3.8) is 0 Å². The number of methoxy groups -OCH3 is 1. The number of rotatable bonds is 4. The van der Waals surface area contributed by atoms with E-state index in [1.807, 2.05) is 43.0 Å². The summed E-state index contributed by atoms with van der Waals surface area (Å²) in [4.78, 5) is 14.1. The number of hydrogen-bond donors (Lipinski definition) is 0. The van der Waals surface area contributed by atoms with Gasteiger partial charge in [-0.25, -0.2) is 0 Å². The van der Waals surface area contributed by atoms with Crippen LogP contribution in [0.1, 0.15) is 38.4 Å². The third kappa shape index (κ3) is 3.31. The maximum Gasteiger partial charge on any atom is 0.222 e.